The summed E-state index contributed by atoms with van der Waals surface area (Å²) in [5, 5.41) is 1.85. The molecule has 1 saturated heterocycles. The van der Waals surface area contributed by atoms with E-state index >= 15 is 0 Å². The first kappa shape index (κ1) is 27.6. The number of benzene rings is 1. The number of rotatable bonds is 7. The third kappa shape index (κ3) is 6.02. The number of halogens is 6. The van der Waals surface area contributed by atoms with Crippen molar-refractivity contribution in [3.8, 4) is 5.75 Å². The van der Waals surface area contributed by atoms with Crippen molar-refractivity contribution in [3.63, 3.8) is 0 Å². The first-order chi connectivity index (χ1) is 17.0. The van der Waals surface area contributed by atoms with Gasteiger partial charge in [0.25, 0.3) is 0 Å². The lowest BCUT2D eigenvalue weighted by atomic mass is 9.94. The van der Waals surface area contributed by atoms with E-state index in [0.717, 1.165) is 22.6 Å². The van der Waals surface area contributed by atoms with Gasteiger partial charge in [0.2, 0.25) is 19.9 Å². The molecule has 37 heavy (non-hydrogen) atoms. The molecule has 1 aliphatic heterocycles. The zero-order valence-corrected chi connectivity index (χ0v) is 20.5. The molecule has 1 aliphatic carbocycles. The second-order valence-electron chi connectivity index (χ2n) is 8.85. The molecule has 1 aromatic heterocycles. The van der Waals surface area contributed by atoms with Crippen LogP contribution in [-0.4, -0.2) is 64.3 Å². The van der Waals surface area contributed by atoms with Crippen molar-refractivity contribution >= 4 is 19.9 Å². The molecule has 2 heterocycles. The van der Waals surface area contributed by atoms with Crippen LogP contribution in [0.25, 0.3) is 0 Å². The summed E-state index contributed by atoms with van der Waals surface area (Å²) in [7, 11) is -9.22. The van der Waals surface area contributed by atoms with Crippen molar-refractivity contribution in [1.29, 1.82) is 0 Å². The topological polar surface area (TPSA) is 106 Å². The molecule has 0 bridgehead atoms. The number of piperidine rings is 1. The highest BCUT2D eigenvalue weighted by molar-refractivity contribution is 7.93. The Hall–Kier alpha value is -2.43. The van der Waals surface area contributed by atoms with Crippen LogP contribution in [0.3, 0.4) is 0 Å². The number of alkyl halides is 6. The fourth-order valence-electron chi connectivity index (χ4n) is 4.47. The molecular weight excluding hydrogens is 552 g/mol. The van der Waals surface area contributed by atoms with Gasteiger partial charge in [-0.1, -0.05) is 6.07 Å². The molecule has 16 heteroatoms. The normalized spacial score (nSPS) is 20.6. The fraction of sp³-hybridized carbons (Fsp3) is 0.476. The maximum atomic E-state index is 13.5. The van der Waals surface area contributed by atoms with E-state index in [1.165, 1.54) is 12.1 Å². The quantitative estimate of drug-likeness (QED) is 0.506. The Bertz CT molecular complexity index is 1360. The molecule has 1 unspecified atom stereocenters. The van der Waals surface area contributed by atoms with Crippen LogP contribution in [0.2, 0.25) is 0 Å². The maximum absolute atomic E-state index is 13.5. The molecule has 1 atom stereocenters. The molecule has 8 nitrogen and oxygen atoms in total. The molecule has 0 radical (unpaired) electrons. The van der Waals surface area contributed by atoms with E-state index in [-0.39, 0.29) is 25.9 Å². The highest BCUT2D eigenvalue weighted by Gasteiger charge is 2.56. The highest BCUT2D eigenvalue weighted by atomic mass is 32.2. The van der Waals surface area contributed by atoms with Crippen LogP contribution in [0.4, 0.5) is 26.3 Å². The average Bonchev–Trinajstić information content (AvgIpc) is 3.48. The molecule has 1 saturated carbocycles. The van der Waals surface area contributed by atoms with E-state index in [0.29, 0.717) is 18.6 Å². The highest BCUT2D eigenvalue weighted by Crippen LogP contribution is 2.54. The van der Waals surface area contributed by atoms with Crippen molar-refractivity contribution in [1.82, 2.24) is 14.6 Å². The summed E-state index contributed by atoms with van der Waals surface area (Å²) in [5.74, 6) is -0.935. The molecular formula is C21H21F6N3O5S2. The van der Waals surface area contributed by atoms with Crippen LogP contribution >= 0.6 is 0 Å². The monoisotopic (exact) mass is 573 g/mol. The van der Waals surface area contributed by atoms with Gasteiger partial charge in [0, 0.05) is 31.4 Å². The van der Waals surface area contributed by atoms with Crippen molar-refractivity contribution in [2.45, 2.75) is 52.7 Å². The number of hydrogen-bond donors (Lipinski definition) is 1. The first-order valence-corrected chi connectivity index (χ1v) is 13.8. The van der Waals surface area contributed by atoms with Gasteiger partial charge in [0.15, 0.2) is 5.03 Å². The molecule has 4 rings (SSSR count). The standard InChI is InChI=1S/C21H21F6N3O5S2/c22-20(23,24)13-29-17-12-19(17)6-9-30(10-7-19)37(33,34)15-5-4-14(35-21(25,26)27)11-16(15)36(31,32)18-3-1-2-8-28-18/h1-5,8,11,17,29H,6-7,9-10,12-13H2. The lowest BCUT2D eigenvalue weighted by molar-refractivity contribution is -0.274. The van der Waals surface area contributed by atoms with Gasteiger partial charge in [-0.25, -0.2) is 21.8 Å². The summed E-state index contributed by atoms with van der Waals surface area (Å²) in [5.41, 5.74) is -0.495. The fourth-order valence-corrected chi connectivity index (χ4v) is 7.89. The zero-order valence-electron chi connectivity index (χ0n) is 18.9. The molecule has 1 spiro atoms. The molecule has 2 aromatic rings. The van der Waals surface area contributed by atoms with E-state index < -0.39 is 71.0 Å². The minimum absolute atomic E-state index is 0.101. The van der Waals surface area contributed by atoms with E-state index in [4.69, 9.17) is 0 Å². The van der Waals surface area contributed by atoms with E-state index in [9.17, 15) is 43.2 Å². The van der Waals surface area contributed by atoms with Crippen LogP contribution in [0.5, 0.6) is 5.75 Å². The summed E-state index contributed by atoms with van der Waals surface area (Å²) in [6.45, 7) is -1.37. The first-order valence-electron chi connectivity index (χ1n) is 10.9. The van der Waals surface area contributed by atoms with Crippen LogP contribution in [0, 0.1) is 5.41 Å². The number of aromatic nitrogens is 1. The number of ether oxygens (including phenoxy) is 1. The Morgan fingerprint density at radius 2 is 1.68 bits per heavy atom. The van der Waals surface area contributed by atoms with Gasteiger partial charge in [0.05, 0.1) is 11.4 Å². The van der Waals surface area contributed by atoms with Crippen molar-refractivity contribution in [3.05, 3.63) is 42.6 Å². The van der Waals surface area contributed by atoms with Gasteiger partial charge in [-0.2, -0.15) is 17.5 Å². The van der Waals surface area contributed by atoms with Crippen LogP contribution in [-0.2, 0) is 19.9 Å². The van der Waals surface area contributed by atoms with E-state index in [1.54, 1.807) is 0 Å². The van der Waals surface area contributed by atoms with Gasteiger partial charge in [0.1, 0.15) is 10.6 Å². The number of nitrogens with one attached hydrogen (secondary N) is 1. The van der Waals surface area contributed by atoms with Gasteiger partial charge < -0.3 is 10.1 Å². The van der Waals surface area contributed by atoms with Gasteiger partial charge >= 0.3 is 12.5 Å². The molecule has 2 fully saturated rings. The molecule has 0 amide bonds. The van der Waals surface area contributed by atoms with Crippen LogP contribution < -0.4 is 10.1 Å². The van der Waals surface area contributed by atoms with Crippen LogP contribution in [0.15, 0.2) is 57.4 Å². The molecule has 1 N–H and O–H groups in total. The predicted molar refractivity (Wildman–Crippen MR) is 116 cm³/mol. The number of pyridine rings is 1. The van der Waals surface area contributed by atoms with Crippen LogP contribution in [0.1, 0.15) is 19.3 Å². The molecule has 2 aliphatic rings. The summed E-state index contributed by atoms with van der Waals surface area (Å²) < 4.78 is 134. The minimum atomic E-state index is -5.16. The summed E-state index contributed by atoms with van der Waals surface area (Å²) in [6, 6.07) is 5.26. The lowest BCUT2D eigenvalue weighted by Crippen LogP contribution is -2.42. The second-order valence-corrected chi connectivity index (χ2v) is 12.6. The van der Waals surface area contributed by atoms with Crippen molar-refractivity contribution in [2.24, 2.45) is 5.41 Å². The number of sulfone groups is 1. The molecule has 204 valence electrons. The van der Waals surface area contributed by atoms with Crippen molar-refractivity contribution in [2.75, 3.05) is 19.6 Å². The van der Waals surface area contributed by atoms with E-state index in [2.05, 4.69) is 15.0 Å². The minimum Gasteiger partial charge on any atom is -0.406 e. The summed E-state index contributed by atoms with van der Waals surface area (Å²) >= 11 is 0. The maximum Gasteiger partial charge on any atom is 0.573 e. The Morgan fingerprint density at radius 3 is 2.24 bits per heavy atom. The van der Waals surface area contributed by atoms with Crippen molar-refractivity contribution < 1.29 is 47.9 Å². The Balaban J connectivity index is 1.62. The average molecular weight is 574 g/mol. The van der Waals surface area contributed by atoms with Gasteiger partial charge in [-0.05, 0) is 48.9 Å². The molecule has 1 aromatic carbocycles. The Labute approximate surface area is 208 Å². The number of sulfonamides is 1. The van der Waals surface area contributed by atoms with Gasteiger partial charge in [-0.15, -0.1) is 13.2 Å². The summed E-state index contributed by atoms with van der Waals surface area (Å²) in [4.78, 5) is 1.99. The van der Waals surface area contributed by atoms with Gasteiger partial charge in [-0.3, -0.25) is 0 Å². The third-order valence-electron chi connectivity index (χ3n) is 6.43. The zero-order chi connectivity index (χ0) is 27.3. The number of hydrogen-bond acceptors (Lipinski definition) is 7. The summed E-state index contributed by atoms with van der Waals surface area (Å²) in [6.07, 6.45) is -7.50. The smallest absolute Gasteiger partial charge is 0.406 e. The SMILES string of the molecule is O=S(=O)(c1ccccn1)c1cc(OC(F)(F)F)ccc1S(=O)(=O)N1CCC2(CC1)CC2NCC(F)(F)F. The van der Waals surface area contributed by atoms with E-state index in [1.807, 2.05) is 0 Å². The second kappa shape index (κ2) is 9.39. The predicted octanol–water partition coefficient (Wildman–Crippen LogP) is 3.51. The Kier molecular flexibility index (Phi) is 7.01. The third-order valence-corrected chi connectivity index (χ3v) is 10.2. The number of nitrogens with zero attached hydrogens (tertiary/aromatic N) is 2. The lowest BCUT2D eigenvalue weighted by Gasteiger charge is -2.32. The Morgan fingerprint density at radius 1 is 1.00 bits per heavy atom. The largest absolute Gasteiger partial charge is 0.573 e.